The molecule has 4 rings (SSSR count). The van der Waals surface area contributed by atoms with Gasteiger partial charge in [-0.25, -0.2) is 0 Å². The number of carbonyl (C=O) groups is 2. The van der Waals surface area contributed by atoms with E-state index in [1.54, 1.807) is 11.0 Å². The number of aryl methyl sites for hydroxylation is 2. The Labute approximate surface area is 183 Å². The van der Waals surface area contributed by atoms with Gasteiger partial charge in [0.1, 0.15) is 0 Å². The van der Waals surface area contributed by atoms with Crippen molar-refractivity contribution in [2.24, 2.45) is 0 Å². The number of benzene rings is 3. The van der Waals surface area contributed by atoms with Crippen LogP contribution in [0.5, 0.6) is 0 Å². The number of ketones is 1. The standard InChI is InChI=1S/C27H27NO3/c1-19-10-12-20(13-11-19)14-15-26(30)25-17-24(29)18-28(25)27(31)23-9-5-8-22(16-23)21-6-3-2-4-7-21/h2-13,16,24-25,29H,14-15,17-18H2,1H3/t24-,25+/m1/s1. The number of nitrogens with zero attached hydrogens (tertiary/aromatic N) is 1. The van der Waals surface area contributed by atoms with Crippen LogP contribution in [0.2, 0.25) is 0 Å². The van der Waals surface area contributed by atoms with Crippen LogP contribution in [0, 0.1) is 6.92 Å². The van der Waals surface area contributed by atoms with Crippen LogP contribution in [0.1, 0.15) is 34.3 Å². The first kappa shape index (κ1) is 21.0. The van der Waals surface area contributed by atoms with Crippen molar-refractivity contribution in [3.8, 4) is 11.1 Å². The molecule has 0 aromatic heterocycles. The molecular weight excluding hydrogens is 386 g/mol. The van der Waals surface area contributed by atoms with Gasteiger partial charge in [-0.15, -0.1) is 0 Å². The number of amides is 1. The average Bonchev–Trinajstić information content (AvgIpc) is 3.20. The van der Waals surface area contributed by atoms with Crippen molar-refractivity contribution in [2.45, 2.75) is 38.3 Å². The smallest absolute Gasteiger partial charge is 0.254 e. The number of rotatable bonds is 6. The van der Waals surface area contributed by atoms with Gasteiger partial charge in [0.05, 0.1) is 12.1 Å². The van der Waals surface area contributed by atoms with Crippen LogP contribution in [0.25, 0.3) is 11.1 Å². The summed E-state index contributed by atoms with van der Waals surface area (Å²) < 4.78 is 0. The fraction of sp³-hybridized carbons (Fsp3) is 0.259. The molecule has 1 aliphatic heterocycles. The second-order valence-corrected chi connectivity index (χ2v) is 8.26. The number of aliphatic hydroxyl groups is 1. The maximum Gasteiger partial charge on any atom is 0.254 e. The molecule has 1 aliphatic rings. The lowest BCUT2D eigenvalue weighted by atomic mass is 9.99. The summed E-state index contributed by atoms with van der Waals surface area (Å²) in [5, 5.41) is 10.2. The van der Waals surface area contributed by atoms with E-state index in [1.165, 1.54) is 5.56 Å². The van der Waals surface area contributed by atoms with Crippen molar-refractivity contribution in [1.82, 2.24) is 4.90 Å². The molecule has 158 valence electrons. The van der Waals surface area contributed by atoms with Gasteiger partial charge in [0.25, 0.3) is 5.91 Å². The molecule has 0 spiro atoms. The molecule has 0 unspecified atom stereocenters. The zero-order valence-corrected chi connectivity index (χ0v) is 17.7. The molecule has 4 nitrogen and oxygen atoms in total. The third-order valence-corrected chi connectivity index (χ3v) is 5.91. The van der Waals surface area contributed by atoms with Crippen molar-refractivity contribution in [3.05, 3.63) is 95.6 Å². The minimum atomic E-state index is -0.672. The maximum absolute atomic E-state index is 13.3. The van der Waals surface area contributed by atoms with Crippen molar-refractivity contribution in [2.75, 3.05) is 6.54 Å². The molecule has 1 heterocycles. The second-order valence-electron chi connectivity index (χ2n) is 8.26. The summed E-state index contributed by atoms with van der Waals surface area (Å²) in [6.07, 6.45) is 0.622. The number of aliphatic hydroxyl groups excluding tert-OH is 1. The van der Waals surface area contributed by atoms with Crippen LogP contribution < -0.4 is 0 Å². The molecule has 1 fully saturated rings. The number of carbonyl (C=O) groups excluding carboxylic acids is 2. The van der Waals surface area contributed by atoms with Crippen molar-refractivity contribution >= 4 is 11.7 Å². The summed E-state index contributed by atoms with van der Waals surface area (Å²) >= 11 is 0. The van der Waals surface area contributed by atoms with E-state index in [1.807, 2.05) is 79.7 Å². The van der Waals surface area contributed by atoms with Crippen LogP contribution in [0.4, 0.5) is 0 Å². The molecule has 4 heteroatoms. The fourth-order valence-corrected chi connectivity index (χ4v) is 4.16. The van der Waals surface area contributed by atoms with Gasteiger partial charge in [-0.3, -0.25) is 9.59 Å². The normalized spacial score (nSPS) is 18.2. The van der Waals surface area contributed by atoms with Crippen molar-refractivity contribution in [3.63, 3.8) is 0 Å². The van der Waals surface area contributed by atoms with Gasteiger partial charge in [0.15, 0.2) is 5.78 Å². The van der Waals surface area contributed by atoms with Gasteiger partial charge in [0, 0.05) is 24.9 Å². The van der Waals surface area contributed by atoms with Crippen LogP contribution in [0.15, 0.2) is 78.9 Å². The zero-order chi connectivity index (χ0) is 21.8. The number of hydrogen-bond acceptors (Lipinski definition) is 3. The summed E-state index contributed by atoms with van der Waals surface area (Å²) in [6.45, 7) is 2.22. The lowest BCUT2D eigenvalue weighted by Gasteiger charge is -2.24. The molecule has 1 saturated heterocycles. The van der Waals surface area contributed by atoms with Gasteiger partial charge in [0.2, 0.25) is 0 Å². The fourth-order valence-electron chi connectivity index (χ4n) is 4.16. The van der Waals surface area contributed by atoms with E-state index in [-0.39, 0.29) is 18.2 Å². The third kappa shape index (κ3) is 4.92. The predicted octanol–water partition coefficient (Wildman–Crippen LogP) is 4.44. The monoisotopic (exact) mass is 413 g/mol. The Hall–Kier alpha value is -3.24. The number of Topliss-reactive ketones (excluding diaryl/α,β-unsaturated/α-hetero) is 1. The Kier molecular flexibility index (Phi) is 6.28. The third-order valence-electron chi connectivity index (χ3n) is 5.91. The molecule has 2 atom stereocenters. The van der Waals surface area contributed by atoms with Crippen LogP contribution >= 0.6 is 0 Å². The molecule has 0 aliphatic carbocycles. The molecule has 0 bridgehead atoms. The maximum atomic E-state index is 13.3. The van der Waals surface area contributed by atoms with E-state index in [2.05, 4.69) is 0 Å². The highest BCUT2D eigenvalue weighted by Crippen LogP contribution is 2.25. The van der Waals surface area contributed by atoms with Gasteiger partial charge < -0.3 is 10.0 Å². The topological polar surface area (TPSA) is 57.6 Å². The van der Waals surface area contributed by atoms with Crippen molar-refractivity contribution in [1.29, 1.82) is 0 Å². The molecule has 3 aromatic carbocycles. The molecule has 0 saturated carbocycles. The highest BCUT2D eigenvalue weighted by atomic mass is 16.3. The lowest BCUT2D eigenvalue weighted by Crippen LogP contribution is -2.40. The first-order valence-corrected chi connectivity index (χ1v) is 10.7. The van der Waals surface area contributed by atoms with Gasteiger partial charge in [-0.05, 0) is 42.2 Å². The predicted molar refractivity (Wildman–Crippen MR) is 122 cm³/mol. The summed E-state index contributed by atoms with van der Waals surface area (Å²) in [4.78, 5) is 27.8. The Balaban J connectivity index is 1.49. The quantitative estimate of drug-likeness (QED) is 0.650. The zero-order valence-electron chi connectivity index (χ0n) is 17.7. The summed E-state index contributed by atoms with van der Waals surface area (Å²) in [7, 11) is 0. The summed E-state index contributed by atoms with van der Waals surface area (Å²) in [6, 6.07) is 24.9. The van der Waals surface area contributed by atoms with Gasteiger partial charge in [-0.2, -0.15) is 0 Å². The molecule has 1 amide bonds. The first-order valence-electron chi connectivity index (χ1n) is 10.7. The largest absolute Gasteiger partial charge is 0.391 e. The second kappa shape index (κ2) is 9.27. The highest BCUT2D eigenvalue weighted by Gasteiger charge is 2.38. The minimum absolute atomic E-state index is 0.00434. The minimum Gasteiger partial charge on any atom is -0.391 e. The van der Waals surface area contributed by atoms with Crippen LogP contribution in [-0.4, -0.2) is 40.4 Å². The van der Waals surface area contributed by atoms with Gasteiger partial charge in [-0.1, -0.05) is 72.3 Å². The Morgan fingerprint density at radius 1 is 0.935 bits per heavy atom. The van der Waals surface area contributed by atoms with Crippen LogP contribution in [0.3, 0.4) is 0 Å². The Bertz CT molecular complexity index is 1060. The summed E-state index contributed by atoms with van der Waals surface area (Å²) in [5.41, 5.74) is 4.80. The Morgan fingerprint density at radius 2 is 1.65 bits per heavy atom. The lowest BCUT2D eigenvalue weighted by molar-refractivity contribution is -0.122. The number of likely N-dealkylation sites (tertiary alicyclic amines) is 1. The molecule has 1 N–H and O–H groups in total. The highest BCUT2D eigenvalue weighted by molar-refractivity contribution is 5.99. The van der Waals surface area contributed by atoms with E-state index in [0.717, 1.165) is 16.7 Å². The van der Waals surface area contributed by atoms with Crippen LogP contribution in [-0.2, 0) is 11.2 Å². The molecular formula is C27H27NO3. The van der Waals surface area contributed by atoms with Crippen molar-refractivity contribution < 1.29 is 14.7 Å². The van der Waals surface area contributed by atoms with Gasteiger partial charge >= 0.3 is 0 Å². The SMILES string of the molecule is Cc1ccc(CCC(=O)[C@@H]2C[C@@H](O)CN2C(=O)c2cccc(-c3ccccc3)c2)cc1. The number of β-amino-alcohol motifs (C(OH)–C–C–N with tert-alkyl or cyclic N) is 1. The molecule has 3 aromatic rings. The molecule has 31 heavy (non-hydrogen) atoms. The van der Waals surface area contributed by atoms with E-state index in [0.29, 0.717) is 24.8 Å². The Morgan fingerprint density at radius 3 is 2.39 bits per heavy atom. The van der Waals surface area contributed by atoms with E-state index < -0.39 is 12.1 Å². The van der Waals surface area contributed by atoms with E-state index in [9.17, 15) is 14.7 Å². The number of hydrogen-bond donors (Lipinski definition) is 1. The summed E-state index contributed by atoms with van der Waals surface area (Å²) in [5.74, 6) is -0.201. The molecule has 0 radical (unpaired) electrons. The average molecular weight is 414 g/mol. The van der Waals surface area contributed by atoms with E-state index >= 15 is 0 Å². The first-order chi connectivity index (χ1) is 15.0. The van der Waals surface area contributed by atoms with E-state index in [4.69, 9.17) is 0 Å².